The van der Waals surface area contributed by atoms with E-state index in [1.807, 2.05) is 0 Å². The maximum atomic E-state index is 12.7. The van der Waals surface area contributed by atoms with E-state index in [0.717, 1.165) is 29.3 Å². The molecule has 1 fully saturated rings. The lowest BCUT2D eigenvalue weighted by molar-refractivity contribution is 0.0951. The van der Waals surface area contributed by atoms with Crippen LogP contribution in [0.2, 0.25) is 5.02 Å². The summed E-state index contributed by atoms with van der Waals surface area (Å²) in [6.07, 6.45) is 2.88. The van der Waals surface area contributed by atoms with Gasteiger partial charge in [0, 0.05) is 24.1 Å². The number of halogens is 2. The van der Waals surface area contributed by atoms with Crippen LogP contribution in [0.1, 0.15) is 35.2 Å². The van der Waals surface area contributed by atoms with Crippen molar-refractivity contribution in [2.24, 2.45) is 0 Å². The molecule has 1 aliphatic heterocycles. The smallest absolute Gasteiger partial charge is 0.253 e. The van der Waals surface area contributed by atoms with Crippen LogP contribution in [0.5, 0.6) is 0 Å². The van der Waals surface area contributed by atoms with Crippen LogP contribution in [0.4, 0.5) is 0 Å². The molecule has 144 valence electrons. The highest BCUT2D eigenvalue weighted by atomic mass is 79.9. The summed E-state index contributed by atoms with van der Waals surface area (Å²) < 4.78 is 27.6. The molecule has 5 nitrogen and oxygen atoms in total. The second kappa shape index (κ2) is 8.73. The lowest BCUT2D eigenvalue weighted by Crippen LogP contribution is -2.35. The van der Waals surface area contributed by atoms with E-state index in [4.69, 9.17) is 11.6 Å². The third-order valence-corrected chi connectivity index (χ3v) is 7.24. The lowest BCUT2D eigenvalue weighted by atomic mass is 10.2. The van der Waals surface area contributed by atoms with Crippen LogP contribution >= 0.6 is 27.5 Å². The van der Waals surface area contributed by atoms with Gasteiger partial charge in [0.2, 0.25) is 10.0 Å². The first-order chi connectivity index (χ1) is 12.9. The predicted molar refractivity (Wildman–Crippen MR) is 109 cm³/mol. The standard InChI is InChI=1S/C19H20BrClN2O3S/c20-15-6-9-18(21)17(12-15)19(24)22-13-14-4-7-16(8-5-14)27(25,26)23-10-2-1-3-11-23/h4-9,12H,1-3,10-11,13H2,(H,22,24). The normalized spacial score (nSPS) is 15.5. The molecule has 0 aromatic heterocycles. The zero-order valence-electron chi connectivity index (χ0n) is 14.6. The SMILES string of the molecule is O=C(NCc1ccc(S(=O)(=O)N2CCCCC2)cc1)c1cc(Br)ccc1Cl. The molecule has 1 heterocycles. The molecule has 0 radical (unpaired) electrons. The number of rotatable bonds is 5. The molecule has 0 saturated carbocycles. The Balaban J connectivity index is 1.65. The van der Waals surface area contributed by atoms with Gasteiger partial charge in [0.25, 0.3) is 5.91 Å². The Bertz CT molecular complexity index is 926. The van der Waals surface area contributed by atoms with Gasteiger partial charge in [0.05, 0.1) is 15.5 Å². The topological polar surface area (TPSA) is 66.5 Å². The molecule has 1 N–H and O–H groups in total. The Kier molecular flexibility index (Phi) is 6.57. The zero-order chi connectivity index (χ0) is 19.4. The van der Waals surface area contributed by atoms with Gasteiger partial charge in [-0.3, -0.25) is 4.79 Å². The summed E-state index contributed by atoms with van der Waals surface area (Å²) in [5.74, 6) is -0.286. The van der Waals surface area contributed by atoms with Gasteiger partial charge in [-0.05, 0) is 48.7 Å². The van der Waals surface area contributed by atoms with Crippen molar-refractivity contribution in [1.29, 1.82) is 0 Å². The number of benzene rings is 2. The van der Waals surface area contributed by atoms with Gasteiger partial charge < -0.3 is 5.32 Å². The Morgan fingerprint density at radius 2 is 1.74 bits per heavy atom. The number of hydrogen-bond donors (Lipinski definition) is 1. The van der Waals surface area contributed by atoms with E-state index < -0.39 is 10.0 Å². The van der Waals surface area contributed by atoms with Crippen molar-refractivity contribution in [2.45, 2.75) is 30.7 Å². The van der Waals surface area contributed by atoms with Crippen LogP contribution in [-0.2, 0) is 16.6 Å². The highest BCUT2D eigenvalue weighted by Crippen LogP contribution is 2.22. The van der Waals surface area contributed by atoms with Crippen molar-refractivity contribution in [3.8, 4) is 0 Å². The second-order valence-corrected chi connectivity index (χ2v) is 9.68. The zero-order valence-corrected chi connectivity index (χ0v) is 17.8. The van der Waals surface area contributed by atoms with Crippen LogP contribution in [0.15, 0.2) is 51.8 Å². The molecule has 0 unspecified atom stereocenters. The molecule has 1 saturated heterocycles. The van der Waals surface area contributed by atoms with Crippen molar-refractivity contribution in [3.05, 3.63) is 63.1 Å². The Hall–Kier alpha value is -1.41. The van der Waals surface area contributed by atoms with E-state index in [-0.39, 0.29) is 17.3 Å². The number of nitrogens with zero attached hydrogens (tertiary/aromatic N) is 1. The summed E-state index contributed by atoms with van der Waals surface area (Å²) in [6, 6.07) is 11.7. The molecule has 0 aliphatic carbocycles. The van der Waals surface area contributed by atoms with E-state index >= 15 is 0 Å². The molecule has 1 amide bonds. The third-order valence-electron chi connectivity index (χ3n) is 4.50. The van der Waals surface area contributed by atoms with Gasteiger partial charge in [-0.2, -0.15) is 4.31 Å². The number of carbonyl (C=O) groups excluding carboxylic acids is 1. The molecule has 1 aliphatic rings. The van der Waals surface area contributed by atoms with E-state index in [2.05, 4.69) is 21.2 Å². The van der Waals surface area contributed by atoms with Gasteiger partial charge in [-0.25, -0.2) is 8.42 Å². The predicted octanol–water partition coefficient (Wildman–Crippen LogP) is 4.21. The Labute approximate surface area is 172 Å². The molecule has 0 atom stereocenters. The Morgan fingerprint density at radius 1 is 1.07 bits per heavy atom. The number of sulfonamides is 1. The van der Waals surface area contributed by atoms with E-state index in [9.17, 15) is 13.2 Å². The Morgan fingerprint density at radius 3 is 2.41 bits per heavy atom. The van der Waals surface area contributed by atoms with Gasteiger partial charge >= 0.3 is 0 Å². The van der Waals surface area contributed by atoms with Crippen LogP contribution < -0.4 is 5.32 Å². The fourth-order valence-corrected chi connectivity index (χ4v) is 5.06. The largest absolute Gasteiger partial charge is 0.348 e. The van der Waals surface area contributed by atoms with Crippen molar-refractivity contribution in [2.75, 3.05) is 13.1 Å². The first-order valence-corrected chi connectivity index (χ1v) is 11.3. The van der Waals surface area contributed by atoms with Crippen molar-refractivity contribution < 1.29 is 13.2 Å². The van der Waals surface area contributed by atoms with E-state index in [1.165, 1.54) is 0 Å². The van der Waals surface area contributed by atoms with E-state index in [0.29, 0.717) is 23.7 Å². The number of carbonyl (C=O) groups is 1. The minimum atomic E-state index is -3.44. The fraction of sp³-hybridized carbons (Fsp3) is 0.316. The number of nitrogens with one attached hydrogen (secondary N) is 1. The molecule has 3 rings (SSSR count). The quantitative estimate of drug-likeness (QED) is 0.710. The summed E-state index contributed by atoms with van der Waals surface area (Å²) in [5.41, 5.74) is 1.20. The molecule has 8 heteroatoms. The maximum absolute atomic E-state index is 12.7. The van der Waals surface area contributed by atoms with Gasteiger partial charge in [-0.1, -0.05) is 46.1 Å². The van der Waals surface area contributed by atoms with Gasteiger partial charge in [0.1, 0.15) is 0 Å². The van der Waals surface area contributed by atoms with Gasteiger partial charge in [0.15, 0.2) is 0 Å². The number of amides is 1. The van der Waals surface area contributed by atoms with Crippen molar-refractivity contribution in [1.82, 2.24) is 9.62 Å². The summed E-state index contributed by atoms with van der Waals surface area (Å²) in [6.45, 7) is 1.44. The molecule has 2 aromatic rings. The highest BCUT2D eigenvalue weighted by molar-refractivity contribution is 9.10. The highest BCUT2D eigenvalue weighted by Gasteiger charge is 2.25. The summed E-state index contributed by atoms with van der Waals surface area (Å²) in [5, 5.41) is 3.17. The van der Waals surface area contributed by atoms with Crippen LogP contribution in [-0.4, -0.2) is 31.7 Å². The minimum absolute atomic E-state index is 0.283. The summed E-state index contributed by atoms with van der Waals surface area (Å²) in [7, 11) is -3.44. The minimum Gasteiger partial charge on any atom is -0.348 e. The van der Waals surface area contributed by atoms with Crippen LogP contribution in [0.25, 0.3) is 0 Å². The first kappa shape index (κ1) is 20.3. The average molecular weight is 472 g/mol. The average Bonchev–Trinajstić information content (AvgIpc) is 2.69. The monoisotopic (exact) mass is 470 g/mol. The van der Waals surface area contributed by atoms with Crippen molar-refractivity contribution in [3.63, 3.8) is 0 Å². The molecule has 0 spiro atoms. The maximum Gasteiger partial charge on any atom is 0.253 e. The molecule has 27 heavy (non-hydrogen) atoms. The van der Waals surface area contributed by atoms with Crippen LogP contribution in [0.3, 0.4) is 0 Å². The molecular formula is C19H20BrClN2O3S. The fourth-order valence-electron chi connectivity index (χ4n) is 2.98. The van der Waals surface area contributed by atoms with Gasteiger partial charge in [-0.15, -0.1) is 0 Å². The van der Waals surface area contributed by atoms with Crippen molar-refractivity contribution >= 4 is 43.5 Å². The lowest BCUT2D eigenvalue weighted by Gasteiger charge is -2.25. The summed E-state index contributed by atoms with van der Waals surface area (Å²) in [4.78, 5) is 12.6. The third kappa shape index (κ3) is 4.90. The van der Waals surface area contributed by atoms with Crippen LogP contribution in [0, 0.1) is 0 Å². The molecular weight excluding hydrogens is 452 g/mol. The molecule has 2 aromatic carbocycles. The summed E-state index contributed by atoms with van der Waals surface area (Å²) >= 11 is 9.38. The number of hydrogen-bond acceptors (Lipinski definition) is 3. The second-order valence-electron chi connectivity index (χ2n) is 6.42. The number of piperidine rings is 1. The van der Waals surface area contributed by atoms with E-state index in [1.54, 1.807) is 46.8 Å². The first-order valence-electron chi connectivity index (χ1n) is 8.70. The molecule has 0 bridgehead atoms.